The van der Waals surface area contributed by atoms with Gasteiger partial charge in [-0.05, 0) is 18.2 Å². The van der Waals surface area contributed by atoms with E-state index in [-0.39, 0.29) is 34.4 Å². The van der Waals surface area contributed by atoms with E-state index < -0.39 is 11.7 Å². The van der Waals surface area contributed by atoms with E-state index >= 15 is 0 Å². The number of quaternary nitrogens is 1. The molecule has 0 radical (unpaired) electrons. The van der Waals surface area contributed by atoms with Crippen LogP contribution in [0.15, 0.2) is 24.4 Å². The van der Waals surface area contributed by atoms with Crippen LogP contribution in [0.5, 0.6) is 0 Å². The van der Waals surface area contributed by atoms with E-state index in [4.69, 9.17) is 28.3 Å². The van der Waals surface area contributed by atoms with Crippen LogP contribution >= 0.6 is 23.2 Å². The van der Waals surface area contributed by atoms with Crippen LogP contribution < -0.4 is 9.80 Å². The molecule has 0 bridgehead atoms. The standard InChI is InChI=1S/C15H16Cl2F3N4O/c1-24(2,5-6-25)13-10(15(18,19)20)8-21-14(23-13)22-9-3-4-11(16)12(17)7-9/h3-4,7-8,25H,5-6H2,1-2H3,(H,21,22,23)/q+1. The van der Waals surface area contributed by atoms with Gasteiger partial charge in [0.05, 0.1) is 36.9 Å². The number of hydrogen-bond acceptors (Lipinski definition) is 4. The summed E-state index contributed by atoms with van der Waals surface area (Å²) in [6, 6.07) is 4.66. The molecule has 0 saturated heterocycles. The highest BCUT2D eigenvalue weighted by Crippen LogP contribution is 2.37. The summed E-state index contributed by atoms with van der Waals surface area (Å²) >= 11 is 11.8. The number of likely N-dealkylation sites (N-methyl/N-ethyl adjacent to an activating group) is 1. The maximum absolute atomic E-state index is 13.3. The van der Waals surface area contributed by atoms with Crippen LogP contribution in [-0.4, -0.2) is 42.3 Å². The van der Waals surface area contributed by atoms with Crippen LogP contribution in [0, 0.1) is 0 Å². The van der Waals surface area contributed by atoms with Crippen LogP contribution in [0.2, 0.25) is 10.0 Å². The Kier molecular flexibility index (Phi) is 5.78. The van der Waals surface area contributed by atoms with Crippen LogP contribution in [0.25, 0.3) is 0 Å². The van der Waals surface area contributed by atoms with Gasteiger partial charge >= 0.3 is 6.18 Å². The van der Waals surface area contributed by atoms with Crippen molar-refractivity contribution >= 4 is 40.7 Å². The molecule has 25 heavy (non-hydrogen) atoms. The Labute approximate surface area is 152 Å². The second-order valence-corrected chi connectivity index (χ2v) is 6.63. The summed E-state index contributed by atoms with van der Waals surface area (Å²) in [5, 5.41) is 12.6. The molecule has 136 valence electrons. The second kappa shape index (κ2) is 7.33. The number of halogens is 5. The fraction of sp³-hybridized carbons (Fsp3) is 0.333. The number of rotatable bonds is 5. The molecule has 0 aliphatic rings. The maximum Gasteiger partial charge on any atom is 0.425 e. The van der Waals surface area contributed by atoms with Gasteiger partial charge in [0.15, 0.2) is 5.56 Å². The molecule has 0 unspecified atom stereocenters. The van der Waals surface area contributed by atoms with Crippen LogP contribution in [0.1, 0.15) is 5.56 Å². The molecular weight excluding hydrogens is 380 g/mol. The molecule has 2 aromatic rings. The number of hydrogen-bond donors (Lipinski definition) is 2. The van der Waals surface area contributed by atoms with Gasteiger partial charge in [0.25, 0.3) is 0 Å². The van der Waals surface area contributed by atoms with Crippen molar-refractivity contribution in [2.24, 2.45) is 0 Å². The third kappa shape index (κ3) is 4.72. The molecule has 5 nitrogen and oxygen atoms in total. The first-order chi connectivity index (χ1) is 11.5. The lowest BCUT2D eigenvalue weighted by atomic mass is 10.2. The zero-order valence-electron chi connectivity index (χ0n) is 13.4. The second-order valence-electron chi connectivity index (χ2n) is 5.81. The van der Waals surface area contributed by atoms with Crippen molar-refractivity contribution in [3.8, 4) is 0 Å². The van der Waals surface area contributed by atoms with Crippen molar-refractivity contribution in [1.29, 1.82) is 0 Å². The number of alkyl halides is 3. The summed E-state index contributed by atoms with van der Waals surface area (Å²) in [4.78, 5) is 7.76. The zero-order valence-corrected chi connectivity index (χ0v) is 14.9. The predicted molar refractivity (Wildman–Crippen MR) is 92.4 cm³/mol. The summed E-state index contributed by atoms with van der Waals surface area (Å²) in [5.74, 6) is -0.273. The minimum atomic E-state index is -4.61. The topological polar surface area (TPSA) is 58.0 Å². The van der Waals surface area contributed by atoms with Gasteiger partial charge < -0.3 is 10.4 Å². The van der Waals surface area contributed by atoms with E-state index in [1.165, 1.54) is 20.2 Å². The van der Waals surface area contributed by atoms with E-state index in [0.29, 0.717) is 10.7 Å². The Bertz CT molecular complexity index is 769. The fourth-order valence-electron chi connectivity index (χ4n) is 2.15. The average Bonchev–Trinajstić information content (AvgIpc) is 2.50. The molecule has 0 amide bonds. The molecule has 1 aromatic carbocycles. The van der Waals surface area contributed by atoms with Crippen LogP contribution in [0.4, 0.5) is 30.6 Å². The van der Waals surface area contributed by atoms with Gasteiger partial charge in [-0.1, -0.05) is 23.2 Å². The van der Waals surface area contributed by atoms with Crippen LogP contribution in [0.3, 0.4) is 0 Å². The van der Waals surface area contributed by atoms with Gasteiger partial charge in [-0.3, -0.25) is 4.48 Å². The molecule has 0 spiro atoms. The molecule has 1 heterocycles. The average molecular weight is 396 g/mol. The quantitative estimate of drug-likeness (QED) is 0.748. The normalized spacial score (nSPS) is 12.3. The summed E-state index contributed by atoms with van der Waals surface area (Å²) < 4.78 is 39.5. The first-order valence-electron chi connectivity index (χ1n) is 7.15. The largest absolute Gasteiger partial charge is 0.425 e. The van der Waals surface area contributed by atoms with Crippen molar-refractivity contribution in [2.75, 3.05) is 32.6 Å². The Morgan fingerprint density at radius 1 is 1.20 bits per heavy atom. The first-order valence-corrected chi connectivity index (χ1v) is 7.91. The van der Waals surface area contributed by atoms with Crippen molar-refractivity contribution in [3.63, 3.8) is 0 Å². The third-order valence-corrected chi connectivity index (χ3v) is 4.22. The lowest BCUT2D eigenvalue weighted by Crippen LogP contribution is -2.45. The minimum absolute atomic E-state index is 0.0227. The molecule has 2 N–H and O–H groups in total. The Morgan fingerprint density at radius 2 is 1.88 bits per heavy atom. The monoisotopic (exact) mass is 395 g/mol. The van der Waals surface area contributed by atoms with Gasteiger partial charge in [0, 0.05) is 5.69 Å². The Morgan fingerprint density at radius 3 is 2.44 bits per heavy atom. The molecule has 2 rings (SSSR count). The highest BCUT2D eigenvalue weighted by molar-refractivity contribution is 6.42. The summed E-state index contributed by atoms with van der Waals surface area (Å²) in [5.41, 5.74) is -0.474. The zero-order chi connectivity index (χ0) is 18.8. The lowest BCUT2D eigenvalue weighted by Gasteiger charge is -2.29. The van der Waals surface area contributed by atoms with Crippen molar-refractivity contribution in [1.82, 2.24) is 14.5 Å². The fourth-order valence-corrected chi connectivity index (χ4v) is 2.45. The molecule has 0 aliphatic heterocycles. The molecule has 0 saturated carbocycles. The molecular formula is C15H16Cl2F3N4O+. The Balaban J connectivity index is 2.45. The van der Waals surface area contributed by atoms with Crippen molar-refractivity contribution in [3.05, 3.63) is 40.0 Å². The third-order valence-electron chi connectivity index (χ3n) is 3.48. The van der Waals surface area contributed by atoms with Crippen molar-refractivity contribution < 1.29 is 18.3 Å². The molecule has 1 aromatic heterocycles. The number of nitrogens with zero attached hydrogens (tertiary/aromatic N) is 3. The summed E-state index contributed by atoms with van der Waals surface area (Å²) in [7, 11) is 3.05. The van der Waals surface area contributed by atoms with E-state index in [1.54, 1.807) is 12.1 Å². The van der Waals surface area contributed by atoms with Gasteiger partial charge in [-0.25, -0.2) is 4.98 Å². The smallest absolute Gasteiger partial charge is 0.390 e. The van der Waals surface area contributed by atoms with Gasteiger partial charge in [-0.2, -0.15) is 18.2 Å². The number of aliphatic hydroxyl groups excluding tert-OH is 1. The Hall–Kier alpha value is -1.61. The first kappa shape index (κ1) is 19.7. The molecule has 0 fully saturated rings. The predicted octanol–water partition coefficient (Wildman–Crippen LogP) is 4.11. The minimum Gasteiger partial charge on any atom is -0.390 e. The number of nitrogens with one attached hydrogen (secondary N) is 1. The van der Waals surface area contributed by atoms with E-state index in [0.717, 1.165) is 6.20 Å². The van der Waals surface area contributed by atoms with E-state index in [2.05, 4.69) is 15.3 Å². The highest BCUT2D eigenvalue weighted by atomic mass is 35.5. The molecule has 10 heteroatoms. The number of anilines is 2. The van der Waals surface area contributed by atoms with E-state index in [1.807, 2.05) is 0 Å². The summed E-state index contributed by atoms with van der Waals surface area (Å²) in [6.45, 7) is -0.226. The molecule has 0 aliphatic carbocycles. The molecule has 0 atom stereocenters. The highest BCUT2D eigenvalue weighted by Gasteiger charge is 2.41. The summed E-state index contributed by atoms with van der Waals surface area (Å²) in [6.07, 6.45) is -3.89. The van der Waals surface area contributed by atoms with E-state index in [9.17, 15) is 13.2 Å². The van der Waals surface area contributed by atoms with Gasteiger partial charge in [0.2, 0.25) is 11.8 Å². The lowest BCUT2D eigenvalue weighted by molar-refractivity contribution is -0.138. The number of aromatic nitrogens is 2. The van der Waals surface area contributed by atoms with Crippen molar-refractivity contribution in [2.45, 2.75) is 6.18 Å². The van der Waals surface area contributed by atoms with Crippen LogP contribution in [-0.2, 0) is 6.18 Å². The number of benzene rings is 1. The van der Waals surface area contributed by atoms with Gasteiger partial charge in [0.1, 0.15) is 6.54 Å². The SMILES string of the molecule is C[N+](C)(CCO)c1nc(Nc2ccc(Cl)c(Cl)c2)ncc1C(F)(F)F. The number of aliphatic hydroxyl groups is 1. The maximum atomic E-state index is 13.3. The van der Waals surface area contributed by atoms with Gasteiger partial charge in [-0.15, -0.1) is 0 Å².